The average Bonchev–Trinajstić information content (AvgIpc) is 2.46. The van der Waals surface area contributed by atoms with Crippen molar-refractivity contribution in [1.29, 1.82) is 0 Å². The number of rotatable bonds is 3. The molecular formula is C16H29NO5. The number of likely N-dealkylation sites (tertiary alicyclic amines) is 1. The van der Waals surface area contributed by atoms with Crippen molar-refractivity contribution in [1.82, 2.24) is 4.90 Å². The van der Waals surface area contributed by atoms with Crippen LogP contribution in [0.3, 0.4) is 0 Å². The highest BCUT2D eigenvalue weighted by Crippen LogP contribution is 2.24. The number of nitrogens with zero attached hydrogens (tertiary/aromatic N) is 1. The number of hydrogen-bond donors (Lipinski definition) is 1. The van der Waals surface area contributed by atoms with Gasteiger partial charge < -0.3 is 24.2 Å². The standard InChI is InChI=1S/C16H29NO5/c1-16(2,3)22-15(19)17-9-12(11-18)8-13(10-17)21-14-6-4-5-7-20-14/h12-14,18H,4-11H2,1-3H3. The minimum absolute atomic E-state index is 0.0230. The molecule has 2 aliphatic heterocycles. The second-order valence-corrected chi connectivity index (χ2v) is 7.22. The molecule has 22 heavy (non-hydrogen) atoms. The van der Waals surface area contributed by atoms with E-state index < -0.39 is 5.60 Å². The lowest BCUT2D eigenvalue weighted by Crippen LogP contribution is -2.50. The van der Waals surface area contributed by atoms with Crippen molar-refractivity contribution in [2.24, 2.45) is 5.92 Å². The molecule has 0 aromatic heterocycles. The highest BCUT2D eigenvalue weighted by molar-refractivity contribution is 5.68. The van der Waals surface area contributed by atoms with Crippen LogP contribution in [0.4, 0.5) is 4.79 Å². The van der Waals surface area contributed by atoms with Crippen LogP contribution in [0.1, 0.15) is 46.5 Å². The molecule has 0 saturated carbocycles. The number of hydrogen-bond acceptors (Lipinski definition) is 5. The van der Waals surface area contributed by atoms with E-state index in [1.165, 1.54) is 0 Å². The molecule has 0 aromatic carbocycles. The third kappa shape index (κ3) is 5.41. The maximum Gasteiger partial charge on any atom is 0.410 e. The Labute approximate surface area is 132 Å². The Balaban J connectivity index is 1.92. The summed E-state index contributed by atoms with van der Waals surface area (Å²) in [5.74, 6) is 0.0230. The molecule has 3 unspecified atom stereocenters. The zero-order chi connectivity index (χ0) is 16.2. The second kappa shape index (κ2) is 7.62. The molecule has 6 nitrogen and oxygen atoms in total. The summed E-state index contributed by atoms with van der Waals surface area (Å²) in [6.07, 6.45) is 3.19. The predicted molar refractivity (Wildman–Crippen MR) is 81.5 cm³/mol. The van der Waals surface area contributed by atoms with Crippen LogP contribution >= 0.6 is 0 Å². The van der Waals surface area contributed by atoms with Gasteiger partial charge in [0.2, 0.25) is 0 Å². The van der Waals surface area contributed by atoms with Crippen LogP contribution in [0.2, 0.25) is 0 Å². The van der Waals surface area contributed by atoms with Crippen LogP contribution in [-0.2, 0) is 14.2 Å². The molecule has 2 saturated heterocycles. The predicted octanol–water partition coefficient (Wildman–Crippen LogP) is 2.15. The van der Waals surface area contributed by atoms with Crippen LogP contribution in [0.5, 0.6) is 0 Å². The molecule has 0 bridgehead atoms. The molecular weight excluding hydrogens is 286 g/mol. The Kier molecular flexibility index (Phi) is 6.06. The highest BCUT2D eigenvalue weighted by atomic mass is 16.7. The summed E-state index contributed by atoms with van der Waals surface area (Å²) >= 11 is 0. The zero-order valence-electron chi connectivity index (χ0n) is 13.9. The van der Waals surface area contributed by atoms with E-state index in [0.717, 1.165) is 32.3 Å². The minimum atomic E-state index is -0.522. The third-order valence-corrected chi connectivity index (χ3v) is 3.89. The van der Waals surface area contributed by atoms with Crippen LogP contribution in [-0.4, -0.2) is 60.4 Å². The van der Waals surface area contributed by atoms with Gasteiger partial charge in [-0.2, -0.15) is 0 Å². The second-order valence-electron chi connectivity index (χ2n) is 7.22. The van der Waals surface area contributed by atoms with Gasteiger partial charge in [-0.15, -0.1) is 0 Å². The summed E-state index contributed by atoms with van der Waals surface area (Å²) in [5, 5.41) is 9.48. The topological polar surface area (TPSA) is 68.2 Å². The van der Waals surface area contributed by atoms with Crippen molar-refractivity contribution in [2.75, 3.05) is 26.3 Å². The fourth-order valence-electron chi connectivity index (χ4n) is 2.89. The fourth-order valence-corrected chi connectivity index (χ4v) is 2.89. The smallest absolute Gasteiger partial charge is 0.410 e. The molecule has 1 N–H and O–H groups in total. The summed E-state index contributed by atoms with van der Waals surface area (Å²) in [7, 11) is 0. The van der Waals surface area contributed by atoms with Gasteiger partial charge >= 0.3 is 6.09 Å². The van der Waals surface area contributed by atoms with Crippen molar-refractivity contribution in [3.05, 3.63) is 0 Å². The molecule has 0 aromatic rings. The van der Waals surface area contributed by atoms with E-state index >= 15 is 0 Å². The first-order chi connectivity index (χ1) is 10.4. The van der Waals surface area contributed by atoms with Crippen LogP contribution in [0.15, 0.2) is 0 Å². The lowest BCUT2D eigenvalue weighted by Gasteiger charge is -2.39. The van der Waals surface area contributed by atoms with Crippen LogP contribution in [0.25, 0.3) is 0 Å². The Morgan fingerprint density at radius 1 is 1.32 bits per heavy atom. The zero-order valence-corrected chi connectivity index (χ0v) is 13.9. The molecule has 0 aliphatic carbocycles. The van der Waals surface area contributed by atoms with Gasteiger partial charge in [-0.05, 0) is 46.5 Å². The molecule has 3 atom stereocenters. The van der Waals surface area contributed by atoms with E-state index in [0.29, 0.717) is 13.1 Å². The Bertz CT molecular complexity index is 362. The van der Waals surface area contributed by atoms with Gasteiger partial charge in [-0.3, -0.25) is 0 Å². The summed E-state index contributed by atoms with van der Waals surface area (Å²) in [6, 6.07) is 0. The first-order valence-corrected chi connectivity index (χ1v) is 8.23. The van der Waals surface area contributed by atoms with E-state index in [1.54, 1.807) is 4.90 Å². The highest BCUT2D eigenvalue weighted by Gasteiger charge is 2.34. The molecule has 2 rings (SSSR count). The van der Waals surface area contributed by atoms with Gasteiger partial charge in [0.25, 0.3) is 0 Å². The SMILES string of the molecule is CC(C)(C)OC(=O)N1CC(CO)CC(OC2CCCCO2)C1. The van der Waals surface area contributed by atoms with Gasteiger partial charge in [-0.25, -0.2) is 4.79 Å². The maximum absolute atomic E-state index is 12.2. The average molecular weight is 315 g/mol. The lowest BCUT2D eigenvalue weighted by molar-refractivity contribution is -0.200. The van der Waals surface area contributed by atoms with E-state index in [4.69, 9.17) is 14.2 Å². The van der Waals surface area contributed by atoms with E-state index in [2.05, 4.69) is 0 Å². The molecule has 6 heteroatoms. The number of aliphatic hydroxyl groups excluding tert-OH is 1. The number of carbonyl (C=O) groups is 1. The fraction of sp³-hybridized carbons (Fsp3) is 0.938. The Hall–Kier alpha value is -0.850. The van der Waals surface area contributed by atoms with Crippen molar-refractivity contribution in [3.8, 4) is 0 Å². The maximum atomic E-state index is 12.2. The molecule has 128 valence electrons. The number of ether oxygens (including phenoxy) is 3. The van der Waals surface area contributed by atoms with Gasteiger partial charge in [0.05, 0.1) is 12.6 Å². The van der Waals surface area contributed by atoms with Gasteiger partial charge in [0, 0.05) is 25.7 Å². The molecule has 2 fully saturated rings. The van der Waals surface area contributed by atoms with Crippen molar-refractivity contribution >= 4 is 6.09 Å². The van der Waals surface area contributed by atoms with E-state index in [1.807, 2.05) is 20.8 Å². The Morgan fingerprint density at radius 2 is 2.09 bits per heavy atom. The summed E-state index contributed by atoms with van der Waals surface area (Å²) in [5.41, 5.74) is -0.522. The summed E-state index contributed by atoms with van der Waals surface area (Å²) in [4.78, 5) is 13.9. The Morgan fingerprint density at radius 3 is 2.68 bits per heavy atom. The molecule has 1 amide bonds. The summed E-state index contributed by atoms with van der Waals surface area (Å²) < 4.78 is 17.0. The number of carbonyl (C=O) groups excluding carboxylic acids is 1. The van der Waals surface area contributed by atoms with Crippen molar-refractivity contribution in [2.45, 2.75) is 64.4 Å². The van der Waals surface area contributed by atoms with Gasteiger partial charge in [0.1, 0.15) is 5.60 Å². The van der Waals surface area contributed by atoms with Crippen molar-refractivity contribution in [3.63, 3.8) is 0 Å². The quantitative estimate of drug-likeness (QED) is 0.864. The molecule has 2 heterocycles. The molecule has 0 radical (unpaired) electrons. The van der Waals surface area contributed by atoms with Crippen LogP contribution < -0.4 is 0 Å². The number of amides is 1. The van der Waals surface area contributed by atoms with E-state index in [9.17, 15) is 9.90 Å². The van der Waals surface area contributed by atoms with Gasteiger partial charge in [0.15, 0.2) is 6.29 Å². The van der Waals surface area contributed by atoms with E-state index in [-0.39, 0.29) is 31.0 Å². The molecule has 0 spiro atoms. The number of aliphatic hydroxyl groups is 1. The van der Waals surface area contributed by atoms with Gasteiger partial charge in [-0.1, -0.05) is 0 Å². The largest absolute Gasteiger partial charge is 0.444 e. The minimum Gasteiger partial charge on any atom is -0.444 e. The molecule has 2 aliphatic rings. The monoisotopic (exact) mass is 315 g/mol. The number of piperidine rings is 1. The first-order valence-electron chi connectivity index (χ1n) is 8.23. The summed E-state index contributed by atoms with van der Waals surface area (Å²) in [6.45, 7) is 7.33. The van der Waals surface area contributed by atoms with Crippen LogP contribution in [0, 0.1) is 5.92 Å². The first kappa shape index (κ1) is 17.5. The third-order valence-electron chi connectivity index (χ3n) is 3.89. The lowest BCUT2D eigenvalue weighted by atomic mass is 9.97. The normalized spacial score (nSPS) is 30.2. The van der Waals surface area contributed by atoms with Crippen molar-refractivity contribution < 1.29 is 24.1 Å².